The van der Waals surface area contributed by atoms with Crippen LogP contribution in [0.3, 0.4) is 0 Å². The molecule has 0 aromatic carbocycles. The van der Waals surface area contributed by atoms with Gasteiger partial charge < -0.3 is 5.73 Å². The van der Waals surface area contributed by atoms with Gasteiger partial charge in [-0.15, -0.1) is 17.9 Å². The Hall–Kier alpha value is -0.600. The first-order valence-electron chi connectivity index (χ1n) is 3.67. The largest absolute Gasteiger partial charge is 0.323 e. The van der Waals surface area contributed by atoms with Crippen LogP contribution in [0.5, 0.6) is 0 Å². The van der Waals surface area contributed by atoms with E-state index in [2.05, 4.69) is 25.6 Å². The average Bonchev–Trinajstić information content (AvgIpc) is 2.36. The SMILES string of the molecule is C=CCC(N)c1ccc(C)s1. The van der Waals surface area contributed by atoms with Crippen molar-refractivity contribution in [3.63, 3.8) is 0 Å². The molecule has 2 N–H and O–H groups in total. The minimum atomic E-state index is 0.145. The summed E-state index contributed by atoms with van der Waals surface area (Å²) in [5.74, 6) is 0. The van der Waals surface area contributed by atoms with Gasteiger partial charge >= 0.3 is 0 Å². The molecule has 1 aromatic rings. The quantitative estimate of drug-likeness (QED) is 0.688. The van der Waals surface area contributed by atoms with Gasteiger partial charge in [0.25, 0.3) is 0 Å². The second kappa shape index (κ2) is 3.69. The van der Waals surface area contributed by atoms with Crippen LogP contribution < -0.4 is 5.73 Å². The molecular weight excluding hydrogens is 154 g/mol. The molecule has 1 atom stereocenters. The third-order valence-electron chi connectivity index (χ3n) is 1.55. The van der Waals surface area contributed by atoms with Gasteiger partial charge in [-0.1, -0.05) is 6.08 Å². The van der Waals surface area contributed by atoms with Crippen molar-refractivity contribution in [3.8, 4) is 0 Å². The van der Waals surface area contributed by atoms with Crippen LogP contribution in [0.2, 0.25) is 0 Å². The molecule has 60 valence electrons. The molecule has 1 aromatic heterocycles. The highest BCUT2D eigenvalue weighted by Crippen LogP contribution is 2.22. The highest BCUT2D eigenvalue weighted by atomic mass is 32.1. The standard InChI is InChI=1S/C9H13NS/c1-3-4-8(10)9-6-5-7(2)11-9/h3,5-6,8H,1,4,10H2,2H3. The highest BCUT2D eigenvalue weighted by Gasteiger charge is 2.04. The number of nitrogens with two attached hydrogens (primary N) is 1. The lowest BCUT2D eigenvalue weighted by atomic mass is 10.2. The average molecular weight is 167 g/mol. The molecule has 0 aliphatic heterocycles. The summed E-state index contributed by atoms with van der Waals surface area (Å²) in [4.78, 5) is 2.57. The fraction of sp³-hybridized carbons (Fsp3) is 0.333. The summed E-state index contributed by atoms with van der Waals surface area (Å²) in [6, 6.07) is 4.34. The molecule has 0 fully saturated rings. The number of hydrogen-bond donors (Lipinski definition) is 1. The molecule has 0 amide bonds. The summed E-state index contributed by atoms with van der Waals surface area (Å²) in [5.41, 5.74) is 5.86. The van der Waals surface area contributed by atoms with E-state index < -0.39 is 0 Å². The van der Waals surface area contributed by atoms with Gasteiger partial charge in [-0.25, -0.2) is 0 Å². The van der Waals surface area contributed by atoms with Gasteiger partial charge in [0.2, 0.25) is 0 Å². The predicted octanol–water partition coefficient (Wildman–Crippen LogP) is 2.63. The first-order chi connectivity index (χ1) is 5.24. The van der Waals surface area contributed by atoms with Crippen molar-refractivity contribution in [1.29, 1.82) is 0 Å². The lowest BCUT2D eigenvalue weighted by molar-refractivity contribution is 0.758. The molecule has 0 radical (unpaired) electrons. The number of hydrogen-bond acceptors (Lipinski definition) is 2. The summed E-state index contributed by atoms with van der Waals surface area (Å²) in [6.07, 6.45) is 2.72. The van der Waals surface area contributed by atoms with Crippen molar-refractivity contribution in [2.24, 2.45) is 5.73 Å². The third-order valence-corrected chi connectivity index (χ3v) is 2.68. The normalized spacial score (nSPS) is 12.9. The van der Waals surface area contributed by atoms with Gasteiger partial charge in [0.05, 0.1) is 0 Å². The summed E-state index contributed by atoms with van der Waals surface area (Å²) in [7, 11) is 0. The fourth-order valence-electron chi connectivity index (χ4n) is 0.948. The van der Waals surface area contributed by atoms with E-state index in [-0.39, 0.29) is 6.04 Å². The molecule has 11 heavy (non-hydrogen) atoms. The number of aryl methyl sites for hydroxylation is 1. The lowest BCUT2D eigenvalue weighted by Crippen LogP contribution is -2.06. The number of thiophene rings is 1. The third kappa shape index (κ3) is 2.17. The van der Waals surface area contributed by atoms with E-state index in [0.717, 1.165) is 6.42 Å². The van der Waals surface area contributed by atoms with Crippen LogP contribution in [0.4, 0.5) is 0 Å². The zero-order valence-electron chi connectivity index (χ0n) is 6.71. The van der Waals surface area contributed by atoms with Crippen molar-refractivity contribution in [1.82, 2.24) is 0 Å². The molecule has 1 rings (SSSR count). The molecule has 1 unspecified atom stereocenters. The predicted molar refractivity (Wildman–Crippen MR) is 50.8 cm³/mol. The van der Waals surface area contributed by atoms with Crippen LogP contribution in [0.1, 0.15) is 22.2 Å². The maximum atomic E-state index is 5.86. The summed E-state index contributed by atoms with van der Waals surface area (Å²) >= 11 is 1.76. The van der Waals surface area contributed by atoms with Gasteiger partial charge in [0, 0.05) is 15.8 Å². The van der Waals surface area contributed by atoms with E-state index in [4.69, 9.17) is 5.73 Å². The second-order valence-electron chi connectivity index (χ2n) is 2.58. The maximum absolute atomic E-state index is 5.86. The molecule has 0 saturated carbocycles. The molecule has 1 heterocycles. The molecule has 0 aliphatic rings. The van der Waals surface area contributed by atoms with Crippen molar-refractivity contribution < 1.29 is 0 Å². The van der Waals surface area contributed by atoms with Crippen LogP contribution >= 0.6 is 11.3 Å². The Morgan fingerprint density at radius 2 is 2.45 bits per heavy atom. The van der Waals surface area contributed by atoms with Crippen molar-refractivity contribution in [2.75, 3.05) is 0 Å². The zero-order chi connectivity index (χ0) is 8.27. The van der Waals surface area contributed by atoms with Crippen molar-refractivity contribution in [2.45, 2.75) is 19.4 Å². The van der Waals surface area contributed by atoms with E-state index in [9.17, 15) is 0 Å². The minimum Gasteiger partial charge on any atom is -0.323 e. The minimum absolute atomic E-state index is 0.145. The second-order valence-corrected chi connectivity index (χ2v) is 3.90. The Labute approximate surface area is 71.5 Å². The lowest BCUT2D eigenvalue weighted by Gasteiger charge is -2.04. The van der Waals surface area contributed by atoms with Crippen LogP contribution in [0.15, 0.2) is 24.8 Å². The van der Waals surface area contributed by atoms with Gasteiger partial charge in [0.1, 0.15) is 0 Å². The fourth-order valence-corrected chi connectivity index (χ4v) is 1.84. The summed E-state index contributed by atoms with van der Waals surface area (Å²) in [5, 5.41) is 0. The molecule has 0 aliphatic carbocycles. The van der Waals surface area contributed by atoms with Crippen LogP contribution in [0, 0.1) is 6.92 Å². The monoisotopic (exact) mass is 167 g/mol. The van der Waals surface area contributed by atoms with E-state index >= 15 is 0 Å². The Morgan fingerprint density at radius 1 is 1.73 bits per heavy atom. The first-order valence-corrected chi connectivity index (χ1v) is 4.48. The van der Waals surface area contributed by atoms with Crippen LogP contribution in [-0.4, -0.2) is 0 Å². The Morgan fingerprint density at radius 3 is 2.91 bits per heavy atom. The first kappa shape index (κ1) is 8.50. The highest BCUT2D eigenvalue weighted by molar-refractivity contribution is 7.12. The van der Waals surface area contributed by atoms with Gasteiger partial charge in [0.15, 0.2) is 0 Å². The van der Waals surface area contributed by atoms with Crippen LogP contribution in [0.25, 0.3) is 0 Å². The Bertz CT molecular complexity index is 239. The topological polar surface area (TPSA) is 26.0 Å². The van der Waals surface area contributed by atoms with E-state index in [1.54, 1.807) is 11.3 Å². The zero-order valence-corrected chi connectivity index (χ0v) is 7.53. The molecule has 0 spiro atoms. The summed E-state index contributed by atoms with van der Waals surface area (Å²) < 4.78 is 0. The number of rotatable bonds is 3. The molecule has 0 saturated heterocycles. The molecular formula is C9H13NS. The smallest absolute Gasteiger partial charge is 0.0424 e. The van der Waals surface area contributed by atoms with E-state index in [1.165, 1.54) is 9.75 Å². The summed E-state index contributed by atoms with van der Waals surface area (Å²) in [6.45, 7) is 5.75. The van der Waals surface area contributed by atoms with Gasteiger partial charge in [-0.2, -0.15) is 0 Å². The Kier molecular flexibility index (Phi) is 2.85. The van der Waals surface area contributed by atoms with Crippen molar-refractivity contribution >= 4 is 11.3 Å². The van der Waals surface area contributed by atoms with Gasteiger partial charge in [-0.3, -0.25) is 0 Å². The Balaban J connectivity index is 2.67. The van der Waals surface area contributed by atoms with E-state index in [1.807, 2.05) is 6.08 Å². The maximum Gasteiger partial charge on any atom is 0.0424 e. The molecule has 1 nitrogen and oxygen atoms in total. The molecule has 0 bridgehead atoms. The van der Waals surface area contributed by atoms with E-state index in [0.29, 0.717) is 0 Å². The molecule has 2 heteroatoms. The van der Waals surface area contributed by atoms with Crippen LogP contribution in [-0.2, 0) is 0 Å². The van der Waals surface area contributed by atoms with Crippen molar-refractivity contribution in [3.05, 3.63) is 34.5 Å². The van der Waals surface area contributed by atoms with Gasteiger partial charge in [-0.05, 0) is 25.5 Å².